The van der Waals surface area contributed by atoms with Gasteiger partial charge in [-0.1, -0.05) is 60.3 Å². The third-order valence-electron chi connectivity index (χ3n) is 7.13. The van der Waals surface area contributed by atoms with Gasteiger partial charge in [0.2, 0.25) is 23.6 Å². The molecule has 11 heteroatoms. The first kappa shape index (κ1) is 37.8. The highest BCUT2D eigenvalue weighted by atomic mass is 16.3. The number of carbonyl (C=O) groups is 5. The highest BCUT2D eigenvalue weighted by molar-refractivity contribution is 6.00. The van der Waals surface area contributed by atoms with Gasteiger partial charge in [0.25, 0.3) is 5.91 Å². The van der Waals surface area contributed by atoms with Crippen molar-refractivity contribution in [1.29, 1.82) is 0 Å². The van der Waals surface area contributed by atoms with E-state index in [0.29, 0.717) is 12.8 Å². The predicted molar refractivity (Wildman–Crippen MR) is 160 cm³/mol. The van der Waals surface area contributed by atoms with Crippen LogP contribution in [0.4, 0.5) is 0 Å². The molecule has 0 aliphatic carbocycles. The molecular weight excluding hydrogens is 526 g/mol. The summed E-state index contributed by atoms with van der Waals surface area (Å²) in [6, 6.07) is -3.19. The van der Waals surface area contributed by atoms with Crippen molar-refractivity contribution in [3.05, 3.63) is 24.4 Å². The number of nitrogens with zero attached hydrogens (tertiary/aromatic N) is 3. The lowest BCUT2D eigenvalue weighted by Gasteiger charge is -2.35. The molecule has 0 bridgehead atoms. The molecular formula is C30H53N5O6. The van der Waals surface area contributed by atoms with Crippen molar-refractivity contribution >= 4 is 29.5 Å². The van der Waals surface area contributed by atoms with Gasteiger partial charge in [-0.25, -0.2) is 0 Å². The number of rotatable bonds is 17. The van der Waals surface area contributed by atoms with Gasteiger partial charge in [-0.15, -0.1) is 0 Å². The zero-order valence-corrected chi connectivity index (χ0v) is 26.6. The Kier molecular flexibility index (Phi) is 16.2. The maximum absolute atomic E-state index is 13.6. The van der Waals surface area contributed by atoms with E-state index in [1.165, 1.54) is 30.9 Å². The lowest BCUT2D eigenvalue weighted by atomic mass is 9.92. The molecule has 0 aromatic rings. The molecule has 41 heavy (non-hydrogen) atoms. The number of hydrogen-bond acceptors (Lipinski definition) is 6. The molecule has 5 atom stereocenters. The van der Waals surface area contributed by atoms with Crippen LogP contribution < -0.4 is 11.1 Å². The van der Waals surface area contributed by atoms with Gasteiger partial charge in [0.15, 0.2) is 0 Å². The Labute approximate surface area is 246 Å². The topological polar surface area (TPSA) is 153 Å². The molecule has 0 heterocycles. The van der Waals surface area contributed by atoms with Crippen LogP contribution >= 0.6 is 0 Å². The second-order valence-corrected chi connectivity index (χ2v) is 11.6. The average Bonchev–Trinajstić information content (AvgIpc) is 2.90. The van der Waals surface area contributed by atoms with Crippen LogP contribution in [0, 0.1) is 17.8 Å². The molecule has 0 unspecified atom stereocenters. The summed E-state index contributed by atoms with van der Waals surface area (Å²) in [4.78, 5) is 68.4. The first-order valence-corrected chi connectivity index (χ1v) is 14.3. The average molecular weight is 580 g/mol. The van der Waals surface area contributed by atoms with E-state index in [2.05, 4.69) is 11.9 Å². The van der Waals surface area contributed by atoms with E-state index in [-0.39, 0.29) is 42.2 Å². The van der Waals surface area contributed by atoms with Crippen molar-refractivity contribution in [2.24, 2.45) is 23.5 Å². The minimum atomic E-state index is -1.24. The molecule has 5 amide bonds. The number of nitrogens with one attached hydrogen (secondary N) is 1. The number of hydrogen-bond donors (Lipinski definition) is 3. The van der Waals surface area contributed by atoms with Crippen LogP contribution in [0.15, 0.2) is 24.4 Å². The maximum Gasteiger partial charge on any atom is 0.270 e. The standard InChI is InChI=1S/C30H53N5O6/c1-12-14-15-20(7)26(37)25(35(11)24(36)17-19(5)6)28(39)32-22(13-2)30(41)33(9)21(8)29(40)34(10)23(27(31)38)16-18(3)4/h12,14,18-20,22-23,25-26,37H,8,13,15-17H2,1-7,9-11H3,(H2,31,38)(H,32,39)/b14-12+/t20-,22+,23+,25+,26-/m1/s1. The number of aliphatic hydroxyl groups is 1. The van der Waals surface area contributed by atoms with Crippen molar-refractivity contribution in [1.82, 2.24) is 20.0 Å². The summed E-state index contributed by atoms with van der Waals surface area (Å²) >= 11 is 0. The number of likely N-dealkylation sites (N-methyl/N-ethyl adjacent to an activating group) is 3. The molecule has 0 fully saturated rings. The molecule has 11 nitrogen and oxygen atoms in total. The van der Waals surface area contributed by atoms with Crippen LogP contribution in [0.25, 0.3) is 0 Å². The highest BCUT2D eigenvalue weighted by Gasteiger charge is 2.38. The Morgan fingerprint density at radius 2 is 1.54 bits per heavy atom. The Bertz CT molecular complexity index is 963. The van der Waals surface area contributed by atoms with E-state index in [9.17, 15) is 29.1 Å². The molecule has 0 saturated heterocycles. The second-order valence-electron chi connectivity index (χ2n) is 11.6. The van der Waals surface area contributed by atoms with Gasteiger partial charge in [0.1, 0.15) is 23.8 Å². The number of amides is 5. The predicted octanol–water partition coefficient (Wildman–Crippen LogP) is 2.05. The zero-order valence-electron chi connectivity index (χ0n) is 26.6. The number of primary amides is 1. The molecule has 234 valence electrons. The number of nitrogens with two attached hydrogens (primary N) is 1. The SMILES string of the molecule is C=C(C(=O)N(C)[C@@H](CC(C)C)C(N)=O)N(C)C(=O)[C@H](CC)NC(=O)[C@H]([C@H](O)[C@H](C)C/C=C/C)N(C)C(=O)CC(C)C. The second kappa shape index (κ2) is 17.6. The Balaban J connectivity index is 5.99. The van der Waals surface area contributed by atoms with Gasteiger partial charge < -0.3 is 30.9 Å². The van der Waals surface area contributed by atoms with Gasteiger partial charge in [-0.05, 0) is 43.9 Å². The van der Waals surface area contributed by atoms with Crippen molar-refractivity contribution in [3.63, 3.8) is 0 Å². The number of aliphatic hydroxyl groups excluding tert-OH is 1. The lowest BCUT2D eigenvalue weighted by molar-refractivity contribution is -0.147. The fourth-order valence-corrected chi connectivity index (χ4v) is 4.37. The fourth-order valence-electron chi connectivity index (χ4n) is 4.37. The third kappa shape index (κ3) is 11.3. The first-order chi connectivity index (χ1) is 18.9. The summed E-state index contributed by atoms with van der Waals surface area (Å²) < 4.78 is 0. The van der Waals surface area contributed by atoms with Crippen LogP contribution in [0.2, 0.25) is 0 Å². The minimum absolute atomic E-state index is 0.0428. The van der Waals surface area contributed by atoms with Crippen molar-refractivity contribution in [2.45, 2.75) is 98.4 Å². The van der Waals surface area contributed by atoms with E-state index in [0.717, 1.165) is 4.90 Å². The van der Waals surface area contributed by atoms with E-state index >= 15 is 0 Å². The van der Waals surface area contributed by atoms with Crippen LogP contribution in [0.3, 0.4) is 0 Å². The molecule has 4 N–H and O–H groups in total. The van der Waals surface area contributed by atoms with Gasteiger partial charge in [0, 0.05) is 27.6 Å². The van der Waals surface area contributed by atoms with Crippen molar-refractivity contribution in [2.75, 3.05) is 21.1 Å². The van der Waals surface area contributed by atoms with Gasteiger partial charge in [0.05, 0.1) is 6.10 Å². The smallest absolute Gasteiger partial charge is 0.270 e. The van der Waals surface area contributed by atoms with Crippen molar-refractivity contribution in [3.8, 4) is 0 Å². The first-order valence-electron chi connectivity index (χ1n) is 14.3. The normalized spacial score (nSPS) is 15.1. The Morgan fingerprint density at radius 3 is 1.98 bits per heavy atom. The van der Waals surface area contributed by atoms with Crippen LogP contribution in [-0.2, 0) is 24.0 Å². The quantitative estimate of drug-likeness (QED) is 0.177. The molecule has 0 aliphatic rings. The summed E-state index contributed by atoms with van der Waals surface area (Å²) in [7, 11) is 4.25. The van der Waals surface area contributed by atoms with E-state index in [1.54, 1.807) is 13.8 Å². The third-order valence-corrected chi connectivity index (χ3v) is 7.13. The van der Waals surface area contributed by atoms with E-state index < -0.39 is 47.9 Å². The monoisotopic (exact) mass is 579 g/mol. The van der Waals surface area contributed by atoms with E-state index in [4.69, 9.17) is 5.73 Å². The maximum atomic E-state index is 13.6. The summed E-state index contributed by atoms with van der Waals surface area (Å²) in [6.45, 7) is 16.6. The lowest BCUT2D eigenvalue weighted by Crippen LogP contribution is -2.59. The molecule has 0 spiro atoms. The van der Waals surface area contributed by atoms with Crippen LogP contribution in [0.5, 0.6) is 0 Å². The Morgan fingerprint density at radius 1 is 0.976 bits per heavy atom. The summed E-state index contributed by atoms with van der Waals surface area (Å²) in [5.41, 5.74) is 5.32. The highest BCUT2D eigenvalue weighted by Crippen LogP contribution is 2.19. The van der Waals surface area contributed by atoms with Gasteiger partial charge in [-0.3, -0.25) is 24.0 Å². The molecule has 0 saturated carbocycles. The summed E-state index contributed by atoms with van der Waals surface area (Å²) in [5.74, 6) is -3.15. The number of carbonyl (C=O) groups excluding carboxylic acids is 5. The largest absolute Gasteiger partial charge is 0.390 e. The molecule has 0 aromatic heterocycles. The van der Waals surface area contributed by atoms with Gasteiger partial charge >= 0.3 is 0 Å². The summed E-state index contributed by atoms with van der Waals surface area (Å²) in [6.07, 6.45) is 3.70. The number of allylic oxidation sites excluding steroid dienone is 2. The molecule has 0 radical (unpaired) electrons. The van der Waals surface area contributed by atoms with Crippen molar-refractivity contribution < 1.29 is 29.1 Å². The van der Waals surface area contributed by atoms with Gasteiger partial charge in [-0.2, -0.15) is 0 Å². The minimum Gasteiger partial charge on any atom is -0.390 e. The van der Waals surface area contributed by atoms with Crippen LogP contribution in [0.1, 0.15) is 74.1 Å². The molecule has 0 aliphatic heterocycles. The Hall–Kier alpha value is -3.21. The zero-order chi connectivity index (χ0) is 32.2. The molecule has 0 aromatic carbocycles. The van der Waals surface area contributed by atoms with E-state index in [1.807, 2.05) is 46.8 Å². The summed E-state index contributed by atoms with van der Waals surface area (Å²) in [5, 5.41) is 13.8. The fraction of sp³-hybridized carbons (Fsp3) is 0.700. The van der Waals surface area contributed by atoms with Crippen LogP contribution in [-0.4, -0.2) is 94.7 Å². The molecule has 0 rings (SSSR count).